The molecule has 0 aliphatic heterocycles. The number of para-hydroxylation sites is 1. The van der Waals surface area contributed by atoms with Crippen LogP contribution in [-0.2, 0) is 4.79 Å². The molecule has 1 amide bonds. The van der Waals surface area contributed by atoms with Crippen molar-refractivity contribution in [2.24, 2.45) is 0 Å². The summed E-state index contributed by atoms with van der Waals surface area (Å²) in [5.41, 5.74) is 6.29. The lowest BCUT2D eigenvalue weighted by atomic mass is 10.1. The molecule has 0 atom stereocenters. The number of anilines is 3. The van der Waals surface area contributed by atoms with Crippen LogP contribution in [0.15, 0.2) is 42.5 Å². The fourth-order valence-electron chi connectivity index (χ4n) is 2.04. The average Bonchev–Trinajstić information content (AvgIpc) is 2.42. The van der Waals surface area contributed by atoms with Crippen molar-refractivity contribution in [3.8, 4) is 0 Å². The van der Waals surface area contributed by atoms with Gasteiger partial charge in [0, 0.05) is 12.6 Å². The van der Waals surface area contributed by atoms with Crippen LogP contribution in [0.3, 0.4) is 0 Å². The van der Waals surface area contributed by atoms with Gasteiger partial charge in [-0.15, -0.1) is 0 Å². The average molecular weight is 288 g/mol. The number of carboxylic acids is 1. The fourth-order valence-corrected chi connectivity index (χ4v) is 2.04. The Bertz CT molecular complexity index is 699. The first-order chi connectivity index (χ1) is 9.91. The SMILES string of the molecule is CC(=O)N(c1ccc(F)cc1)c1c(N)cccc1C(=O)O. The van der Waals surface area contributed by atoms with E-state index in [0.717, 1.165) is 4.90 Å². The topological polar surface area (TPSA) is 83.6 Å². The van der Waals surface area contributed by atoms with Gasteiger partial charge < -0.3 is 10.8 Å². The number of nitrogens with zero attached hydrogens (tertiary/aromatic N) is 1. The summed E-state index contributed by atoms with van der Waals surface area (Å²) in [6.07, 6.45) is 0. The van der Waals surface area contributed by atoms with Crippen molar-refractivity contribution in [2.75, 3.05) is 10.6 Å². The molecule has 0 heterocycles. The minimum Gasteiger partial charge on any atom is -0.478 e. The molecule has 5 nitrogen and oxygen atoms in total. The van der Waals surface area contributed by atoms with Gasteiger partial charge in [0.05, 0.1) is 16.9 Å². The molecule has 0 spiro atoms. The van der Waals surface area contributed by atoms with Crippen LogP contribution in [-0.4, -0.2) is 17.0 Å². The van der Waals surface area contributed by atoms with E-state index >= 15 is 0 Å². The zero-order valence-electron chi connectivity index (χ0n) is 11.2. The molecular formula is C15H13FN2O3. The van der Waals surface area contributed by atoms with Crippen LogP contribution in [0, 0.1) is 5.82 Å². The van der Waals surface area contributed by atoms with E-state index in [4.69, 9.17) is 5.73 Å². The Kier molecular flexibility index (Phi) is 3.89. The monoisotopic (exact) mass is 288 g/mol. The second-order valence-corrected chi connectivity index (χ2v) is 4.38. The number of aromatic carboxylic acids is 1. The Morgan fingerprint density at radius 3 is 2.29 bits per heavy atom. The van der Waals surface area contributed by atoms with E-state index in [1.165, 1.54) is 49.4 Å². The molecule has 2 aromatic rings. The third-order valence-corrected chi connectivity index (χ3v) is 2.92. The molecule has 0 bridgehead atoms. The first-order valence-corrected chi connectivity index (χ1v) is 6.10. The van der Waals surface area contributed by atoms with Crippen LogP contribution in [0.25, 0.3) is 0 Å². The quantitative estimate of drug-likeness (QED) is 0.851. The summed E-state index contributed by atoms with van der Waals surface area (Å²) in [5.74, 6) is -2.09. The molecule has 2 rings (SSSR count). The summed E-state index contributed by atoms with van der Waals surface area (Å²) in [6, 6.07) is 9.49. The predicted molar refractivity (Wildman–Crippen MR) is 77.0 cm³/mol. The number of hydrogen-bond acceptors (Lipinski definition) is 3. The van der Waals surface area contributed by atoms with Gasteiger partial charge in [-0.1, -0.05) is 6.07 Å². The molecule has 0 aliphatic rings. The summed E-state index contributed by atoms with van der Waals surface area (Å²) < 4.78 is 13.0. The second kappa shape index (κ2) is 5.62. The van der Waals surface area contributed by atoms with Gasteiger partial charge in [-0.05, 0) is 36.4 Å². The maximum atomic E-state index is 13.0. The van der Waals surface area contributed by atoms with E-state index < -0.39 is 17.7 Å². The summed E-state index contributed by atoms with van der Waals surface area (Å²) in [6.45, 7) is 1.28. The van der Waals surface area contributed by atoms with Crippen LogP contribution >= 0.6 is 0 Å². The van der Waals surface area contributed by atoms with E-state index in [1.54, 1.807) is 0 Å². The third kappa shape index (κ3) is 2.84. The number of rotatable bonds is 3. The Morgan fingerprint density at radius 2 is 1.76 bits per heavy atom. The summed E-state index contributed by atoms with van der Waals surface area (Å²) >= 11 is 0. The fraction of sp³-hybridized carbons (Fsp3) is 0.0667. The van der Waals surface area contributed by atoms with Crippen molar-refractivity contribution in [2.45, 2.75) is 6.92 Å². The number of carbonyl (C=O) groups excluding carboxylic acids is 1. The van der Waals surface area contributed by atoms with Crippen LogP contribution in [0.5, 0.6) is 0 Å². The number of nitrogen functional groups attached to an aromatic ring is 1. The van der Waals surface area contributed by atoms with Gasteiger partial charge >= 0.3 is 5.97 Å². The van der Waals surface area contributed by atoms with Gasteiger partial charge in [0.25, 0.3) is 0 Å². The standard InChI is InChI=1S/C15H13FN2O3/c1-9(19)18(11-7-5-10(16)6-8-11)14-12(15(20)21)3-2-4-13(14)17/h2-8H,17H2,1H3,(H,20,21). The number of nitrogens with two attached hydrogens (primary N) is 1. The van der Waals surface area contributed by atoms with Gasteiger partial charge in [0.15, 0.2) is 0 Å². The molecule has 0 saturated heterocycles. The predicted octanol–water partition coefficient (Wildman–Crippen LogP) is 2.79. The van der Waals surface area contributed by atoms with Gasteiger partial charge in [-0.3, -0.25) is 9.69 Å². The van der Waals surface area contributed by atoms with E-state index in [-0.39, 0.29) is 16.9 Å². The van der Waals surface area contributed by atoms with Crippen molar-refractivity contribution < 1.29 is 19.1 Å². The summed E-state index contributed by atoms with van der Waals surface area (Å²) in [5, 5.41) is 9.26. The molecule has 108 valence electrons. The first-order valence-electron chi connectivity index (χ1n) is 6.10. The highest BCUT2D eigenvalue weighted by molar-refractivity contribution is 6.08. The van der Waals surface area contributed by atoms with Gasteiger partial charge in [0.1, 0.15) is 5.82 Å². The van der Waals surface area contributed by atoms with Gasteiger partial charge in [-0.2, -0.15) is 0 Å². The molecule has 0 radical (unpaired) electrons. The first kappa shape index (κ1) is 14.5. The molecule has 0 saturated carbocycles. The lowest BCUT2D eigenvalue weighted by molar-refractivity contribution is -0.115. The summed E-state index contributed by atoms with van der Waals surface area (Å²) in [7, 11) is 0. The van der Waals surface area contributed by atoms with Crippen LogP contribution in [0.2, 0.25) is 0 Å². The number of benzene rings is 2. The Morgan fingerprint density at radius 1 is 1.14 bits per heavy atom. The highest BCUT2D eigenvalue weighted by atomic mass is 19.1. The van der Waals surface area contributed by atoms with Crippen molar-refractivity contribution in [1.29, 1.82) is 0 Å². The summed E-state index contributed by atoms with van der Waals surface area (Å²) in [4.78, 5) is 24.4. The zero-order chi connectivity index (χ0) is 15.6. The molecule has 3 N–H and O–H groups in total. The van der Waals surface area contributed by atoms with Crippen LogP contribution in [0.4, 0.5) is 21.5 Å². The maximum absolute atomic E-state index is 13.0. The molecule has 2 aromatic carbocycles. The Balaban J connectivity index is 2.67. The third-order valence-electron chi connectivity index (χ3n) is 2.92. The van der Waals surface area contributed by atoms with Crippen molar-refractivity contribution >= 4 is 28.9 Å². The van der Waals surface area contributed by atoms with Crippen molar-refractivity contribution in [3.05, 3.63) is 53.8 Å². The number of hydrogen-bond donors (Lipinski definition) is 2. The Hall–Kier alpha value is -2.89. The number of carbonyl (C=O) groups is 2. The number of halogens is 1. The molecule has 0 aliphatic carbocycles. The van der Waals surface area contributed by atoms with E-state index in [1.807, 2.05) is 0 Å². The lowest BCUT2D eigenvalue weighted by Crippen LogP contribution is -2.26. The molecule has 0 aromatic heterocycles. The lowest BCUT2D eigenvalue weighted by Gasteiger charge is -2.24. The van der Waals surface area contributed by atoms with Crippen molar-refractivity contribution in [1.82, 2.24) is 0 Å². The molecule has 0 unspecified atom stereocenters. The minimum absolute atomic E-state index is 0.0732. The molecule has 6 heteroatoms. The molecular weight excluding hydrogens is 275 g/mol. The number of carboxylic acid groups (broad SMARTS) is 1. The highest BCUT2D eigenvalue weighted by Gasteiger charge is 2.23. The van der Waals surface area contributed by atoms with Gasteiger partial charge in [-0.25, -0.2) is 9.18 Å². The van der Waals surface area contributed by atoms with E-state index in [9.17, 15) is 19.1 Å². The molecule has 0 fully saturated rings. The Labute approximate surface area is 120 Å². The smallest absolute Gasteiger partial charge is 0.337 e. The van der Waals surface area contributed by atoms with Crippen LogP contribution in [0.1, 0.15) is 17.3 Å². The largest absolute Gasteiger partial charge is 0.478 e. The van der Waals surface area contributed by atoms with Crippen molar-refractivity contribution in [3.63, 3.8) is 0 Å². The maximum Gasteiger partial charge on any atom is 0.337 e. The highest BCUT2D eigenvalue weighted by Crippen LogP contribution is 2.34. The second-order valence-electron chi connectivity index (χ2n) is 4.38. The minimum atomic E-state index is -1.20. The van der Waals surface area contributed by atoms with E-state index in [0.29, 0.717) is 5.69 Å². The van der Waals surface area contributed by atoms with E-state index in [2.05, 4.69) is 0 Å². The zero-order valence-corrected chi connectivity index (χ0v) is 11.2. The normalized spacial score (nSPS) is 10.2. The number of amides is 1. The molecule has 21 heavy (non-hydrogen) atoms. The van der Waals surface area contributed by atoms with Crippen LogP contribution < -0.4 is 10.6 Å². The van der Waals surface area contributed by atoms with Gasteiger partial charge in [0.2, 0.25) is 5.91 Å².